The van der Waals surface area contributed by atoms with Gasteiger partial charge >= 0.3 is 5.97 Å². The Morgan fingerprint density at radius 3 is 2.50 bits per heavy atom. The average Bonchev–Trinajstić information content (AvgIpc) is 2.92. The van der Waals surface area contributed by atoms with Crippen molar-refractivity contribution < 1.29 is 14.6 Å². The van der Waals surface area contributed by atoms with E-state index >= 15 is 0 Å². The Morgan fingerprint density at radius 1 is 1.00 bits per heavy atom. The number of hydrogen-bond acceptors (Lipinski definition) is 5. The number of hydrogen-bond donors (Lipinski definition) is 1. The molecule has 7 heteroatoms. The third-order valence-corrected chi connectivity index (χ3v) is 6.58. The smallest absolute Gasteiger partial charge is 0.335 e. The fourth-order valence-corrected chi connectivity index (χ4v) is 4.62. The summed E-state index contributed by atoms with van der Waals surface area (Å²) in [6.07, 6.45) is 7.11. The maximum absolute atomic E-state index is 13.4. The van der Waals surface area contributed by atoms with Crippen LogP contribution in [0, 0.1) is 0 Å². The topological polar surface area (TPSA) is 93.8 Å². The highest BCUT2D eigenvalue weighted by atomic mass is 16.5. The minimum atomic E-state index is -0.963. The van der Waals surface area contributed by atoms with Crippen molar-refractivity contribution in [2.75, 3.05) is 0 Å². The quantitative estimate of drug-likeness (QED) is 0.347. The van der Waals surface area contributed by atoms with Crippen molar-refractivity contribution in [2.24, 2.45) is 5.10 Å². The second-order valence-electron chi connectivity index (χ2n) is 9.01. The zero-order valence-corrected chi connectivity index (χ0v) is 19.8. The Hall–Kier alpha value is -4.26. The van der Waals surface area contributed by atoms with Gasteiger partial charge in [-0.05, 0) is 54.8 Å². The van der Waals surface area contributed by atoms with Crippen LogP contribution >= 0.6 is 0 Å². The lowest BCUT2D eigenvalue weighted by Gasteiger charge is -2.22. The van der Waals surface area contributed by atoms with E-state index in [1.54, 1.807) is 36.5 Å². The molecule has 1 aromatic heterocycles. The van der Waals surface area contributed by atoms with Crippen molar-refractivity contribution in [3.05, 3.63) is 106 Å². The first kappa shape index (κ1) is 23.5. The highest BCUT2D eigenvalue weighted by molar-refractivity contribution is 5.87. The highest BCUT2D eigenvalue weighted by Crippen LogP contribution is 2.31. The summed E-state index contributed by atoms with van der Waals surface area (Å²) in [5.41, 5.74) is 2.34. The summed E-state index contributed by atoms with van der Waals surface area (Å²) < 4.78 is 7.48. The van der Waals surface area contributed by atoms with E-state index in [9.17, 15) is 9.59 Å². The lowest BCUT2D eigenvalue weighted by atomic mass is 9.88. The predicted molar refractivity (Wildman–Crippen MR) is 139 cm³/mol. The molecule has 1 aliphatic carbocycles. The van der Waals surface area contributed by atoms with Crippen molar-refractivity contribution in [2.45, 2.75) is 44.6 Å². The summed E-state index contributed by atoms with van der Waals surface area (Å²) in [4.78, 5) is 29.4. The number of aromatic nitrogens is 2. The van der Waals surface area contributed by atoms with Gasteiger partial charge < -0.3 is 9.84 Å². The van der Waals surface area contributed by atoms with Gasteiger partial charge in [0.1, 0.15) is 18.2 Å². The van der Waals surface area contributed by atoms with Gasteiger partial charge in [-0.3, -0.25) is 4.79 Å². The standard InChI is InChI=1S/C29H27N3O4/c33-28-24-11-5-6-12-25(24)31-27(21-8-2-1-3-9-21)32(28)30-18-23-10-4-7-13-26(23)36-19-20-14-16-22(17-15-20)29(34)35/h4-7,10-18,21H,1-3,8-9,19H2,(H,34,35). The molecular weight excluding hydrogens is 454 g/mol. The molecule has 3 aromatic carbocycles. The van der Waals surface area contributed by atoms with Crippen molar-refractivity contribution in [1.29, 1.82) is 0 Å². The van der Waals surface area contributed by atoms with E-state index in [0.29, 0.717) is 22.5 Å². The van der Waals surface area contributed by atoms with Gasteiger partial charge in [0.05, 0.1) is 22.7 Å². The van der Waals surface area contributed by atoms with Crippen molar-refractivity contribution in [1.82, 2.24) is 9.66 Å². The van der Waals surface area contributed by atoms with Crippen LogP contribution < -0.4 is 10.3 Å². The van der Waals surface area contributed by atoms with Gasteiger partial charge in [0.15, 0.2) is 0 Å². The third-order valence-electron chi connectivity index (χ3n) is 6.58. The normalized spacial score (nSPS) is 14.3. The van der Waals surface area contributed by atoms with Crippen LogP contribution in [-0.2, 0) is 6.61 Å². The van der Waals surface area contributed by atoms with Gasteiger partial charge in [-0.15, -0.1) is 0 Å². The predicted octanol–water partition coefficient (Wildman–Crippen LogP) is 5.60. The average molecular weight is 482 g/mol. The molecular formula is C29H27N3O4. The van der Waals surface area contributed by atoms with Crippen LogP contribution in [0.3, 0.4) is 0 Å². The molecule has 0 radical (unpaired) electrons. The van der Waals surface area contributed by atoms with E-state index in [-0.39, 0.29) is 23.6 Å². The van der Waals surface area contributed by atoms with E-state index in [1.807, 2.05) is 42.5 Å². The van der Waals surface area contributed by atoms with Crippen LogP contribution in [0.25, 0.3) is 10.9 Å². The Bertz CT molecular complexity index is 1470. The Balaban J connectivity index is 1.45. The molecule has 7 nitrogen and oxygen atoms in total. The lowest BCUT2D eigenvalue weighted by molar-refractivity contribution is 0.0697. The molecule has 5 rings (SSSR count). The van der Waals surface area contributed by atoms with Crippen LogP contribution in [0.1, 0.15) is 65.3 Å². The largest absolute Gasteiger partial charge is 0.488 e. The zero-order chi connectivity index (χ0) is 24.9. The molecule has 1 aliphatic rings. The summed E-state index contributed by atoms with van der Waals surface area (Å²) in [6.45, 7) is 0.273. The van der Waals surface area contributed by atoms with Crippen molar-refractivity contribution in [3.8, 4) is 5.75 Å². The third kappa shape index (κ3) is 5.05. The molecule has 0 atom stereocenters. The van der Waals surface area contributed by atoms with Gasteiger partial charge in [-0.1, -0.05) is 55.7 Å². The zero-order valence-electron chi connectivity index (χ0n) is 19.8. The number of rotatable bonds is 7. The molecule has 1 fully saturated rings. The first-order valence-electron chi connectivity index (χ1n) is 12.2. The molecule has 4 aromatic rings. The van der Waals surface area contributed by atoms with E-state index in [4.69, 9.17) is 14.8 Å². The molecule has 0 spiro atoms. The maximum atomic E-state index is 13.4. The highest BCUT2D eigenvalue weighted by Gasteiger charge is 2.22. The second-order valence-corrected chi connectivity index (χ2v) is 9.01. The maximum Gasteiger partial charge on any atom is 0.335 e. The minimum absolute atomic E-state index is 0.172. The first-order valence-corrected chi connectivity index (χ1v) is 12.2. The van der Waals surface area contributed by atoms with Gasteiger partial charge in [0.2, 0.25) is 0 Å². The molecule has 1 heterocycles. The molecule has 0 amide bonds. The molecule has 182 valence electrons. The number of para-hydroxylation sites is 2. The number of carboxylic acids is 1. The Labute approximate surface area is 208 Å². The number of nitrogens with zero attached hydrogens (tertiary/aromatic N) is 3. The SMILES string of the molecule is O=C(O)c1ccc(COc2ccccc2C=Nn2c(C3CCCCC3)nc3ccccc3c2=O)cc1. The summed E-state index contributed by atoms with van der Waals surface area (Å²) in [5, 5.41) is 14.2. The number of carboxylic acid groups (broad SMARTS) is 1. The number of ether oxygens (including phenoxy) is 1. The summed E-state index contributed by atoms with van der Waals surface area (Å²) in [5.74, 6) is 0.569. The van der Waals surface area contributed by atoms with Crippen LogP contribution in [0.15, 0.2) is 82.7 Å². The summed E-state index contributed by atoms with van der Waals surface area (Å²) in [6, 6.07) is 21.5. The van der Waals surface area contributed by atoms with Crippen LogP contribution in [0.2, 0.25) is 0 Å². The second kappa shape index (κ2) is 10.6. The Kier molecular flexibility index (Phi) is 6.89. The van der Waals surface area contributed by atoms with Crippen LogP contribution in [0.5, 0.6) is 5.75 Å². The minimum Gasteiger partial charge on any atom is -0.488 e. The number of aromatic carboxylic acids is 1. The molecule has 0 saturated heterocycles. The van der Waals surface area contributed by atoms with Gasteiger partial charge in [0.25, 0.3) is 5.56 Å². The summed E-state index contributed by atoms with van der Waals surface area (Å²) >= 11 is 0. The van der Waals surface area contributed by atoms with E-state index in [0.717, 1.165) is 36.8 Å². The van der Waals surface area contributed by atoms with Gasteiger partial charge in [0, 0.05) is 11.5 Å². The van der Waals surface area contributed by atoms with Gasteiger partial charge in [-0.2, -0.15) is 9.78 Å². The fraction of sp³-hybridized carbons (Fsp3) is 0.241. The van der Waals surface area contributed by atoms with Crippen LogP contribution in [-0.4, -0.2) is 27.0 Å². The molecule has 0 unspecified atom stereocenters. The summed E-state index contributed by atoms with van der Waals surface area (Å²) in [7, 11) is 0. The number of carbonyl (C=O) groups is 1. The van der Waals surface area contributed by atoms with Crippen LogP contribution in [0.4, 0.5) is 0 Å². The monoisotopic (exact) mass is 481 g/mol. The molecule has 36 heavy (non-hydrogen) atoms. The fourth-order valence-electron chi connectivity index (χ4n) is 4.62. The van der Waals surface area contributed by atoms with Crippen molar-refractivity contribution >= 4 is 23.1 Å². The number of fused-ring (bicyclic) bond motifs is 1. The molecule has 1 saturated carbocycles. The van der Waals surface area contributed by atoms with E-state index in [2.05, 4.69) is 5.10 Å². The molecule has 1 N–H and O–H groups in total. The lowest BCUT2D eigenvalue weighted by Crippen LogP contribution is -2.25. The molecule has 0 bridgehead atoms. The Morgan fingerprint density at radius 2 is 1.72 bits per heavy atom. The van der Waals surface area contributed by atoms with Gasteiger partial charge in [-0.25, -0.2) is 9.78 Å². The first-order chi connectivity index (χ1) is 17.6. The van der Waals surface area contributed by atoms with E-state index < -0.39 is 5.97 Å². The van der Waals surface area contributed by atoms with Crippen molar-refractivity contribution in [3.63, 3.8) is 0 Å². The van der Waals surface area contributed by atoms with E-state index in [1.165, 1.54) is 11.1 Å². The molecule has 0 aliphatic heterocycles. The number of benzene rings is 3.